The number of pyridine rings is 1. The second kappa shape index (κ2) is 9.65. The maximum absolute atomic E-state index is 13.2. The first-order valence-corrected chi connectivity index (χ1v) is 12.0. The van der Waals surface area contributed by atoms with Crippen molar-refractivity contribution in [2.45, 2.75) is 33.1 Å². The molecule has 0 aliphatic carbocycles. The van der Waals surface area contributed by atoms with E-state index in [1.807, 2.05) is 55.3 Å². The lowest BCUT2D eigenvalue weighted by atomic mass is 9.72. The van der Waals surface area contributed by atoms with Crippen LogP contribution < -0.4 is 5.32 Å². The van der Waals surface area contributed by atoms with Crippen LogP contribution >= 0.6 is 11.3 Å². The van der Waals surface area contributed by atoms with Gasteiger partial charge in [0.25, 0.3) is 5.91 Å². The zero-order chi connectivity index (χ0) is 22.6. The summed E-state index contributed by atoms with van der Waals surface area (Å²) in [7, 11) is 0. The molecule has 2 amide bonds. The number of rotatable bonds is 6. The molecule has 0 atom stereocenters. The number of likely N-dealkylation sites (tertiary alicyclic amines) is 1. The summed E-state index contributed by atoms with van der Waals surface area (Å²) in [5.74, 6) is 0.164. The third kappa shape index (κ3) is 4.75. The van der Waals surface area contributed by atoms with Crippen molar-refractivity contribution in [3.8, 4) is 11.1 Å². The van der Waals surface area contributed by atoms with Crippen LogP contribution in [0.25, 0.3) is 11.1 Å². The van der Waals surface area contributed by atoms with Gasteiger partial charge in [0.15, 0.2) is 0 Å². The summed E-state index contributed by atoms with van der Waals surface area (Å²) in [6.07, 6.45) is 5.60. The molecule has 32 heavy (non-hydrogen) atoms. The van der Waals surface area contributed by atoms with E-state index in [0.29, 0.717) is 38.9 Å². The molecule has 3 aromatic rings. The lowest BCUT2D eigenvalue weighted by Crippen LogP contribution is -2.51. The van der Waals surface area contributed by atoms with E-state index in [4.69, 9.17) is 0 Å². The number of carbonyl (C=O) groups excluding carboxylic acids is 2. The Hall–Kier alpha value is -2.99. The van der Waals surface area contributed by atoms with E-state index in [0.717, 1.165) is 26.4 Å². The van der Waals surface area contributed by atoms with Gasteiger partial charge in [-0.05, 0) is 68.0 Å². The van der Waals surface area contributed by atoms with Gasteiger partial charge in [0.2, 0.25) is 5.91 Å². The number of hydrogen-bond donors (Lipinski definition) is 1. The molecule has 4 rings (SSSR count). The normalized spacial score (nSPS) is 15.4. The van der Waals surface area contributed by atoms with Gasteiger partial charge in [0, 0.05) is 36.9 Å². The molecule has 1 aliphatic heterocycles. The molecule has 0 saturated carbocycles. The smallest absolute Gasteiger partial charge is 0.263 e. The number of benzene rings is 1. The topological polar surface area (TPSA) is 62.3 Å². The fraction of sp³-hybridized carbons (Fsp3) is 0.346. The minimum atomic E-state index is -0.508. The van der Waals surface area contributed by atoms with Gasteiger partial charge in [0.05, 0.1) is 10.3 Å². The molecule has 6 heteroatoms. The van der Waals surface area contributed by atoms with Gasteiger partial charge >= 0.3 is 0 Å². The van der Waals surface area contributed by atoms with Crippen LogP contribution in [-0.2, 0) is 11.2 Å². The third-order valence-corrected chi connectivity index (χ3v) is 7.23. The summed E-state index contributed by atoms with van der Waals surface area (Å²) < 4.78 is 0. The molecule has 3 heterocycles. The summed E-state index contributed by atoms with van der Waals surface area (Å²) in [6.45, 7) is 5.75. The fourth-order valence-electron chi connectivity index (χ4n) is 4.46. The predicted octanol–water partition coefficient (Wildman–Crippen LogP) is 4.72. The minimum Gasteiger partial charge on any atom is -0.356 e. The Labute approximate surface area is 193 Å². The molecule has 2 aromatic heterocycles. The van der Waals surface area contributed by atoms with Crippen LogP contribution in [0, 0.1) is 12.3 Å². The van der Waals surface area contributed by atoms with Crippen LogP contribution in [0.4, 0.5) is 0 Å². The van der Waals surface area contributed by atoms with E-state index >= 15 is 0 Å². The molecule has 1 saturated heterocycles. The van der Waals surface area contributed by atoms with Crippen molar-refractivity contribution in [3.63, 3.8) is 0 Å². The van der Waals surface area contributed by atoms with Gasteiger partial charge < -0.3 is 10.2 Å². The zero-order valence-corrected chi connectivity index (χ0v) is 19.5. The van der Waals surface area contributed by atoms with Crippen molar-refractivity contribution >= 4 is 23.2 Å². The number of aromatic nitrogens is 1. The Morgan fingerprint density at radius 3 is 2.53 bits per heavy atom. The first-order valence-electron chi connectivity index (χ1n) is 11.1. The zero-order valence-electron chi connectivity index (χ0n) is 18.6. The Balaban J connectivity index is 1.53. The largest absolute Gasteiger partial charge is 0.356 e. The van der Waals surface area contributed by atoms with Crippen LogP contribution in [0.15, 0.2) is 60.9 Å². The quantitative estimate of drug-likeness (QED) is 0.595. The molecular weight excluding hydrogens is 418 g/mol. The molecule has 5 nitrogen and oxygen atoms in total. The van der Waals surface area contributed by atoms with E-state index in [-0.39, 0.29) is 11.8 Å². The van der Waals surface area contributed by atoms with Crippen molar-refractivity contribution in [3.05, 3.63) is 76.2 Å². The molecular formula is C26H29N3O2S. The maximum Gasteiger partial charge on any atom is 0.263 e. The molecule has 1 aliphatic rings. The molecule has 1 N–H and O–H groups in total. The average molecular weight is 448 g/mol. The highest BCUT2D eigenvalue weighted by Gasteiger charge is 2.42. The van der Waals surface area contributed by atoms with Gasteiger partial charge in [0.1, 0.15) is 0 Å². The predicted molar refractivity (Wildman–Crippen MR) is 129 cm³/mol. The lowest BCUT2D eigenvalue weighted by molar-refractivity contribution is -0.133. The Morgan fingerprint density at radius 2 is 1.88 bits per heavy atom. The monoisotopic (exact) mass is 447 g/mol. The summed E-state index contributed by atoms with van der Waals surface area (Å²) in [4.78, 5) is 34.1. The summed E-state index contributed by atoms with van der Waals surface area (Å²) in [5, 5.41) is 3.05. The fourth-order valence-corrected chi connectivity index (χ4v) is 5.30. The van der Waals surface area contributed by atoms with E-state index in [9.17, 15) is 9.59 Å². The van der Waals surface area contributed by atoms with Crippen molar-refractivity contribution in [1.29, 1.82) is 0 Å². The molecule has 166 valence electrons. The van der Waals surface area contributed by atoms with E-state index in [1.165, 1.54) is 11.3 Å². The molecule has 0 unspecified atom stereocenters. The summed E-state index contributed by atoms with van der Waals surface area (Å²) in [6, 6.07) is 16.2. The second-order valence-corrected chi connectivity index (χ2v) is 9.75. The first kappa shape index (κ1) is 22.2. The highest BCUT2D eigenvalue weighted by molar-refractivity contribution is 7.13. The number of carbonyl (C=O) groups is 2. The number of amides is 2. The standard InChI is InChI=1S/C26H29N3O2S/c1-3-28-25(31)26(11-14-29(15-12-26)24(30)23-10-9-19(2)32-23)17-20-6-4-7-21(16-20)22-8-5-13-27-18-22/h4-10,13,16,18H,3,11-12,14-15,17H2,1-2H3,(H,28,31). The van der Waals surface area contributed by atoms with Crippen molar-refractivity contribution in [1.82, 2.24) is 15.2 Å². The number of piperidine rings is 1. The highest BCUT2D eigenvalue weighted by Crippen LogP contribution is 2.37. The van der Waals surface area contributed by atoms with Crippen molar-refractivity contribution in [2.24, 2.45) is 5.41 Å². The van der Waals surface area contributed by atoms with E-state index < -0.39 is 5.41 Å². The van der Waals surface area contributed by atoms with Gasteiger partial charge in [-0.25, -0.2) is 0 Å². The highest BCUT2D eigenvalue weighted by atomic mass is 32.1. The van der Waals surface area contributed by atoms with Crippen LogP contribution in [0.1, 0.15) is 39.9 Å². The Kier molecular flexibility index (Phi) is 6.70. The first-order chi connectivity index (χ1) is 15.5. The van der Waals surface area contributed by atoms with Crippen LogP contribution in [0.5, 0.6) is 0 Å². The number of thiophene rings is 1. The molecule has 1 fully saturated rings. The Morgan fingerprint density at radius 1 is 1.09 bits per heavy atom. The molecule has 1 aromatic carbocycles. The van der Waals surface area contributed by atoms with Gasteiger partial charge in [-0.1, -0.05) is 30.3 Å². The molecule has 0 bridgehead atoms. The number of nitrogens with one attached hydrogen (secondary N) is 1. The van der Waals surface area contributed by atoms with Gasteiger partial charge in [-0.15, -0.1) is 11.3 Å². The van der Waals surface area contributed by atoms with Crippen LogP contribution in [0.3, 0.4) is 0 Å². The van der Waals surface area contributed by atoms with Gasteiger partial charge in [-0.3, -0.25) is 14.6 Å². The maximum atomic E-state index is 13.2. The second-order valence-electron chi connectivity index (χ2n) is 8.46. The van der Waals surface area contributed by atoms with E-state index in [1.54, 1.807) is 6.20 Å². The third-order valence-electron chi connectivity index (χ3n) is 6.24. The number of nitrogens with zero attached hydrogens (tertiary/aromatic N) is 2. The minimum absolute atomic E-state index is 0.0752. The number of aryl methyl sites for hydroxylation is 1. The van der Waals surface area contributed by atoms with Crippen molar-refractivity contribution in [2.75, 3.05) is 19.6 Å². The molecule has 0 spiro atoms. The summed E-state index contributed by atoms with van der Waals surface area (Å²) >= 11 is 1.53. The average Bonchev–Trinajstić information content (AvgIpc) is 3.26. The number of hydrogen-bond acceptors (Lipinski definition) is 4. The molecule has 0 radical (unpaired) electrons. The SMILES string of the molecule is CCNC(=O)C1(Cc2cccc(-c3cccnc3)c2)CCN(C(=O)c2ccc(C)s2)CC1. The summed E-state index contributed by atoms with van der Waals surface area (Å²) in [5.41, 5.74) is 2.78. The van der Waals surface area contributed by atoms with Crippen molar-refractivity contribution < 1.29 is 9.59 Å². The van der Waals surface area contributed by atoms with Gasteiger partial charge in [-0.2, -0.15) is 0 Å². The lowest BCUT2D eigenvalue weighted by Gasteiger charge is -2.40. The Bertz CT molecular complexity index is 1090. The van der Waals surface area contributed by atoms with Crippen LogP contribution in [0.2, 0.25) is 0 Å². The van der Waals surface area contributed by atoms with Crippen LogP contribution in [-0.4, -0.2) is 41.3 Å². The van der Waals surface area contributed by atoms with E-state index in [2.05, 4.69) is 28.5 Å².